The largest absolute Gasteiger partial charge is 0.268 e. The summed E-state index contributed by atoms with van der Waals surface area (Å²) < 4.78 is 20.9. The summed E-state index contributed by atoms with van der Waals surface area (Å²) in [5.41, 5.74) is 2.14. The fourth-order valence-corrected chi connectivity index (χ4v) is 5.22. The van der Waals surface area contributed by atoms with Crippen LogP contribution in [-0.2, 0) is 15.4 Å². The molecule has 1 aliphatic carbocycles. The minimum absolute atomic E-state index is 0.0509. The van der Waals surface area contributed by atoms with E-state index in [2.05, 4.69) is 27.5 Å². The number of nitrogens with zero attached hydrogens (tertiary/aromatic N) is 2. The third-order valence-electron chi connectivity index (χ3n) is 5.01. The van der Waals surface area contributed by atoms with Crippen molar-refractivity contribution in [2.24, 2.45) is 0 Å². The fourth-order valence-electron chi connectivity index (χ4n) is 3.85. The monoisotopic (exact) mass is 342 g/mol. The van der Waals surface area contributed by atoms with E-state index in [0.717, 1.165) is 24.0 Å². The van der Waals surface area contributed by atoms with Gasteiger partial charge in [-0.15, -0.1) is 0 Å². The van der Waals surface area contributed by atoms with E-state index in [-0.39, 0.29) is 12.1 Å². The molecular formula is C19H22N2O2S. The van der Waals surface area contributed by atoms with Crippen LogP contribution in [0.1, 0.15) is 55.4 Å². The summed E-state index contributed by atoms with van der Waals surface area (Å²) in [4.78, 5) is 4.28. The third kappa shape index (κ3) is 3.04. The highest BCUT2D eigenvalue weighted by atomic mass is 32.2. The molecule has 24 heavy (non-hydrogen) atoms. The molecule has 1 aromatic carbocycles. The molecule has 0 amide bonds. The van der Waals surface area contributed by atoms with Crippen molar-refractivity contribution in [2.75, 3.05) is 0 Å². The Morgan fingerprint density at radius 1 is 1.00 bits per heavy atom. The molecule has 4 rings (SSSR count). The van der Waals surface area contributed by atoms with E-state index >= 15 is 0 Å². The SMILES string of the molecule is O=S1O[C@H](c2ccccc2)[C@@H](c2cccnc2)N1C1CCCCC1. The van der Waals surface area contributed by atoms with Crippen molar-refractivity contribution in [1.82, 2.24) is 9.29 Å². The van der Waals surface area contributed by atoms with Gasteiger partial charge in [0.15, 0.2) is 0 Å². The molecule has 126 valence electrons. The molecule has 0 N–H and O–H groups in total. The van der Waals surface area contributed by atoms with E-state index < -0.39 is 11.3 Å². The standard InChI is InChI=1S/C19H22N2O2S/c22-24-21(17-11-5-2-6-12-17)18(16-10-7-13-20-14-16)19(23-24)15-8-3-1-4-9-15/h1,3-4,7-10,13-14,17-19H,2,5-6,11-12H2/t18-,19-,24?/m1/s1. The zero-order chi connectivity index (χ0) is 16.4. The lowest BCUT2D eigenvalue weighted by molar-refractivity contribution is 0.164. The molecule has 5 heteroatoms. The average molecular weight is 342 g/mol. The molecule has 2 fully saturated rings. The van der Waals surface area contributed by atoms with Gasteiger partial charge >= 0.3 is 0 Å². The molecule has 1 unspecified atom stereocenters. The van der Waals surface area contributed by atoms with Gasteiger partial charge in [-0.05, 0) is 30.0 Å². The first kappa shape index (κ1) is 15.9. The van der Waals surface area contributed by atoms with Crippen LogP contribution in [0.3, 0.4) is 0 Å². The van der Waals surface area contributed by atoms with Gasteiger partial charge in [-0.25, -0.2) is 4.21 Å². The Balaban J connectivity index is 1.73. The van der Waals surface area contributed by atoms with Gasteiger partial charge < -0.3 is 0 Å². The molecule has 1 saturated heterocycles. The van der Waals surface area contributed by atoms with Gasteiger partial charge in [0, 0.05) is 18.4 Å². The van der Waals surface area contributed by atoms with Crippen molar-refractivity contribution in [1.29, 1.82) is 0 Å². The zero-order valence-corrected chi connectivity index (χ0v) is 14.4. The summed E-state index contributed by atoms with van der Waals surface area (Å²) in [6, 6.07) is 14.4. The second-order valence-electron chi connectivity index (χ2n) is 6.53. The Labute approximate surface area is 145 Å². The molecule has 0 radical (unpaired) electrons. The predicted molar refractivity (Wildman–Crippen MR) is 94.1 cm³/mol. The van der Waals surface area contributed by atoms with Crippen LogP contribution in [0.5, 0.6) is 0 Å². The highest BCUT2D eigenvalue weighted by Crippen LogP contribution is 2.47. The van der Waals surface area contributed by atoms with Crippen LogP contribution < -0.4 is 0 Å². The summed E-state index contributed by atoms with van der Waals surface area (Å²) in [5, 5.41) is 0. The summed E-state index contributed by atoms with van der Waals surface area (Å²) >= 11 is -1.41. The average Bonchev–Trinajstić information content (AvgIpc) is 3.01. The van der Waals surface area contributed by atoms with E-state index in [1.54, 1.807) is 6.20 Å². The predicted octanol–water partition coefficient (Wildman–Crippen LogP) is 4.11. The van der Waals surface area contributed by atoms with Gasteiger partial charge in [-0.1, -0.05) is 55.7 Å². The number of hydrogen-bond acceptors (Lipinski definition) is 3. The number of pyridine rings is 1. The molecule has 2 aromatic rings. The summed E-state index contributed by atoms with van der Waals surface area (Å²) in [6.45, 7) is 0. The normalized spacial score (nSPS) is 28.9. The molecule has 2 aliphatic rings. The van der Waals surface area contributed by atoms with Gasteiger partial charge in [0.05, 0.1) is 6.04 Å². The molecular weight excluding hydrogens is 320 g/mol. The van der Waals surface area contributed by atoms with Crippen molar-refractivity contribution in [3.05, 3.63) is 66.0 Å². The Hall–Kier alpha value is -1.56. The number of rotatable bonds is 3. The minimum Gasteiger partial charge on any atom is -0.268 e. The van der Waals surface area contributed by atoms with Gasteiger partial charge in [0.2, 0.25) is 11.3 Å². The highest BCUT2D eigenvalue weighted by molar-refractivity contribution is 7.78. The van der Waals surface area contributed by atoms with Crippen LogP contribution >= 0.6 is 0 Å². The van der Waals surface area contributed by atoms with Crippen molar-refractivity contribution in [3.63, 3.8) is 0 Å². The molecule has 0 bridgehead atoms. The van der Waals surface area contributed by atoms with Crippen molar-refractivity contribution >= 4 is 11.3 Å². The molecule has 0 spiro atoms. The Kier molecular flexibility index (Phi) is 4.74. The maximum atomic E-state index is 12.8. The first-order valence-corrected chi connectivity index (χ1v) is 9.70. The molecule has 1 saturated carbocycles. The zero-order valence-electron chi connectivity index (χ0n) is 13.6. The van der Waals surface area contributed by atoms with Crippen molar-refractivity contribution in [3.8, 4) is 0 Å². The molecule has 4 nitrogen and oxygen atoms in total. The number of hydrogen-bond donors (Lipinski definition) is 0. The molecule has 2 heterocycles. The van der Waals surface area contributed by atoms with Crippen molar-refractivity contribution < 1.29 is 8.39 Å². The smallest absolute Gasteiger partial charge is 0.238 e. The lowest BCUT2D eigenvalue weighted by Crippen LogP contribution is -2.37. The molecule has 3 atom stereocenters. The summed E-state index contributed by atoms with van der Waals surface area (Å²) in [5.74, 6) is 0. The first-order valence-electron chi connectivity index (χ1n) is 8.67. The Bertz CT molecular complexity index is 689. The van der Waals surface area contributed by atoms with Crippen LogP contribution in [0.2, 0.25) is 0 Å². The van der Waals surface area contributed by atoms with Crippen LogP contribution in [0.4, 0.5) is 0 Å². The van der Waals surface area contributed by atoms with E-state index in [0.29, 0.717) is 6.04 Å². The molecule has 1 aliphatic heterocycles. The summed E-state index contributed by atoms with van der Waals surface area (Å²) in [7, 11) is 0. The highest BCUT2D eigenvalue weighted by Gasteiger charge is 2.46. The van der Waals surface area contributed by atoms with Gasteiger partial charge in [0.1, 0.15) is 6.10 Å². The van der Waals surface area contributed by atoms with E-state index in [1.807, 2.05) is 30.5 Å². The van der Waals surface area contributed by atoms with Crippen LogP contribution in [0.25, 0.3) is 0 Å². The molecule has 1 aromatic heterocycles. The fraction of sp³-hybridized carbons (Fsp3) is 0.421. The van der Waals surface area contributed by atoms with E-state index in [4.69, 9.17) is 4.18 Å². The number of benzene rings is 1. The maximum Gasteiger partial charge on any atom is 0.238 e. The second-order valence-corrected chi connectivity index (χ2v) is 7.58. The van der Waals surface area contributed by atoms with Crippen LogP contribution in [0.15, 0.2) is 54.9 Å². The van der Waals surface area contributed by atoms with E-state index in [1.165, 1.54) is 19.3 Å². The van der Waals surface area contributed by atoms with Crippen LogP contribution in [0, 0.1) is 0 Å². The maximum absolute atomic E-state index is 12.8. The first-order chi connectivity index (χ1) is 11.8. The van der Waals surface area contributed by atoms with Gasteiger partial charge in [-0.3, -0.25) is 9.17 Å². The summed E-state index contributed by atoms with van der Waals surface area (Å²) in [6.07, 6.45) is 9.29. The van der Waals surface area contributed by atoms with Gasteiger partial charge in [-0.2, -0.15) is 4.31 Å². The van der Waals surface area contributed by atoms with Crippen LogP contribution in [-0.4, -0.2) is 19.5 Å². The topological polar surface area (TPSA) is 42.4 Å². The lowest BCUT2D eigenvalue weighted by atomic mass is 9.91. The quantitative estimate of drug-likeness (QED) is 0.843. The lowest BCUT2D eigenvalue weighted by Gasteiger charge is -2.33. The Morgan fingerprint density at radius 2 is 1.75 bits per heavy atom. The van der Waals surface area contributed by atoms with Crippen molar-refractivity contribution in [2.45, 2.75) is 50.3 Å². The minimum atomic E-state index is -1.41. The van der Waals surface area contributed by atoms with E-state index in [9.17, 15) is 4.21 Å². The Morgan fingerprint density at radius 3 is 2.46 bits per heavy atom. The van der Waals surface area contributed by atoms with Gasteiger partial charge in [0.25, 0.3) is 0 Å². The second kappa shape index (κ2) is 7.13. The third-order valence-corrected chi connectivity index (χ3v) is 6.25. The number of aromatic nitrogens is 1.